The molecule has 0 saturated heterocycles. The summed E-state index contributed by atoms with van der Waals surface area (Å²) in [5.41, 5.74) is 0.955. The lowest BCUT2D eigenvalue weighted by atomic mass is 10.2. The molecule has 94 valence electrons. The van der Waals surface area contributed by atoms with Crippen molar-refractivity contribution in [2.24, 2.45) is 5.14 Å². The summed E-state index contributed by atoms with van der Waals surface area (Å²) in [5.74, 6) is 0.217. The third-order valence-corrected chi connectivity index (χ3v) is 2.40. The third kappa shape index (κ3) is 3.68. The molecule has 2 N–H and O–H groups in total. The molecule has 0 unspecified atom stereocenters. The highest BCUT2D eigenvalue weighted by molar-refractivity contribution is 7.92. The Morgan fingerprint density at radius 3 is 2.35 bits per heavy atom. The highest BCUT2D eigenvalue weighted by Gasteiger charge is 2.10. The molecule has 1 aromatic heterocycles. The van der Waals surface area contributed by atoms with E-state index in [-0.39, 0.29) is 11.9 Å². The van der Waals surface area contributed by atoms with E-state index in [0.29, 0.717) is 11.3 Å². The fourth-order valence-corrected chi connectivity index (χ4v) is 1.46. The number of aryl methyl sites for hydroxylation is 1. The molecule has 0 saturated carbocycles. The Morgan fingerprint density at radius 2 is 1.88 bits per heavy atom. The Kier molecular flexibility index (Phi) is 4.02. The van der Waals surface area contributed by atoms with Crippen LogP contribution in [-0.2, 0) is 10.0 Å². The first-order chi connectivity index (χ1) is 7.87. The molecular formula is C9H13N3O4S. The molecule has 0 aromatic carbocycles. The second kappa shape index (κ2) is 5.11. The van der Waals surface area contributed by atoms with E-state index in [1.807, 2.05) is 0 Å². The van der Waals surface area contributed by atoms with Crippen molar-refractivity contribution in [3.05, 3.63) is 16.7 Å². The van der Waals surface area contributed by atoms with E-state index in [9.17, 15) is 8.42 Å². The highest BCUT2D eigenvalue weighted by Crippen LogP contribution is 2.22. The molecule has 0 aliphatic carbocycles. The lowest BCUT2D eigenvalue weighted by Crippen LogP contribution is -2.07. The molecule has 0 atom stereocenters. The first-order valence-corrected chi connectivity index (χ1v) is 6.16. The molecule has 0 aliphatic heterocycles. The van der Waals surface area contributed by atoms with Gasteiger partial charge in [0.15, 0.2) is 0 Å². The lowest BCUT2D eigenvalue weighted by molar-refractivity contribution is 0.350. The van der Waals surface area contributed by atoms with Gasteiger partial charge in [-0.3, -0.25) is 0 Å². The van der Waals surface area contributed by atoms with Gasteiger partial charge in [0.1, 0.15) is 0 Å². The minimum atomic E-state index is -3.70. The van der Waals surface area contributed by atoms with Crippen molar-refractivity contribution in [3.63, 3.8) is 0 Å². The quantitative estimate of drug-likeness (QED) is 0.819. The van der Waals surface area contributed by atoms with Crippen LogP contribution in [0.4, 0.5) is 0 Å². The second-order valence-electron chi connectivity index (χ2n) is 3.11. The molecule has 1 rings (SSSR count). The van der Waals surface area contributed by atoms with Crippen molar-refractivity contribution < 1.29 is 17.9 Å². The number of hydrogen-bond donors (Lipinski definition) is 1. The summed E-state index contributed by atoms with van der Waals surface area (Å²) in [6.45, 7) is 1.68. The lowest BCUT2D eigenvalue weighted by Gasteiger charge is -2.07. The second-order valence-corrected chi connectivity index (χ2v) is 4.56. The van der Waals surface area contributed by atoms with Gasteiger partial charge < -0.3 is 9.47 Å². The van der Waals surface area contributed by atoms with E-state index in [4.69, 9.17) is 14.6 Å². The molecule has 0 radical (unpaired) electrons. The fourth-order valence-electron chi connectivity index (χ4n) is 1.13. The minimum absolute atomic E-state index is 0.145. The number of nitrogens with zero attached hydrogens (tertiary/aromatic N) is 2. The van der Waals surface area contributed by atoms with Crippen LogP contribution in [0.3, 0.4) is 0 Å². The smallest absolute Gasteiger partial charge is 0.319 e. The van der Waals surface area contributed by atoms with Crippen LogP contribution in [0.2, 0.25) is 0 Å². The zero-order valence-electron chi connectivity index (χ0n) is 9.67. The first-order valence-electron chi connectivity index (χ1n) is 4.55. The summed E-state index contributed by atoms with van der Waals surface area (Å²) < 4.78 is 31.5. The van der Waals surface area contributed by atoms with Crippen LogP contribution in [0.15, 0.2) is 5.41 Å². The van der Waals surface area contributed by atoms with Gasteiger partial charge in [-0.25, -0.2) is 13.6 Å². The van der Waals surface area contributed by atoms with Crippen LogP contribution in [0.25, 0.3) is 6.08 Å². The Labute approximate surface area is 99.3 Å². The SMILES string of the molecule is COc1nc(C)c(/C=C/S(N)(=O)=O)c(OC)n1. The minimum Gasteiger partial charge on any atom is -0.480 e. The maximum atomic E-state index is 10.8. The van der Waals surface area contributed by atoms with Gasteiger partial charge in [0, 0.05) is 5.41 Å². The predicted octanol–water partition coefficient (Wildman–Crippen LogP) is 0.0614. The van der Waals surface area contributed by atoms with Crippen LogP contribution < -0.4 is 14.6 Å². The molecule has 17 heavy (non-hydrogen) atoms. The zero-order chi connectivity index (χ0) is 13.1. The summed E-state index contributed by atoms with van der Waals surface area (Å²) in [6.07, 6.45) is 1.28. The van der Waals surface area contributed by atoms with Gasteiger partial charge in [0.25, 0.3) is 0 Å². The Bertz CT molecular complexity index is 539. The molecule has 0 aliphatic rings. The molecule has 7 nitrogen and oxygen atoms in total. The number of methoxy groups -OCH3 is 2. The van der Waals surface area contributed by atoms with E-state index < -0.39 is 10.0 Å². The van der Waals surface area contributed by atoms with Crippen LogP contribution in [0.5, 0.6) is 11.9 Å². The van der Waals surface area contributed by atoms with E-state index >= 15 is 0 Å². The van der Waals surface area contributed by atoms with E-state index in [2.05, 4.69) is 9.97 Å². The van der Waals surface area contributed by atoms with Crippen molar-refractivity contribution in [3.8, 4) is 11.9 Å². The van der Waals surface area contributed by atoms with Crippen molar-refractivity contribution in [1.82, 2.24) is 9.97 Å². The number of aromatic nitrogens is 2. The summed E-state index contributed by atoms with van der Waals surface area (Å²) >= 11 is 0. The van der Waals surface area contributed by atoms with E-state index in [0.717, 1.165) is 5.41 Å². The Balaban J connectivity index is 3.28. The summed E-state index contributed by atoms with van der Waals surface area (Å²) in [4.78, 5) is 7.93. The number of nitrogens with two attached hydrogens (primary N) is 1. The topological polar surface area (TPSA) is 104 Å². The predicted molar refractivity (Wildman–Crippen MR) is 62.0 cm³/mol. The Hall–Kier alpha value is -1.67. The number of hydrogen-bond acceptors (Lipinski definition) is 6. The van der Waals surface area contributed by atoms with E-state index in [1.54, 1.807) is 6.92 Å². The highest BCUT2D eigenvalue weighted by atomic mass is 32.2. The molecule has 0 fully saturated rings. The fraction of sp³-hybridized carbons (Fsp3) is 0.333. The van der Waals surface area contributed by atoms with Gasteiger partial charge in [-0.2, -0.15) is 9.97 Å². The van der Waals surface area contributed by atoms with Crippen LogP contribution in [0, 0.1) is 6.92 Å². The van der Waals surface area contributed by atoms with Gasteiger partial charge in [-0.1, -0.05) is 0 Å². The van der Waals surface area contributed by atoms with Gasteiger partial charge in [0.2, 0.25) is 15.9 Å². The van der Waals surface area contributed by atoms with Gasteiger partial charge in [-0.05, 0) is 13.0 Å². The first kappa shape index (κ1) is 13.4. The van der Waals surface area contributed by atoms with Gasteiger partial charge >= 0.3 is 6.01 Å². The van der Waals surface area contributed by atoms with Crippen molar-refractivity contribution in [2.45, 2.75) is 6.92 Å². The van der Waals surface area contributed by atoms with Crippen molar-refractivity contribution >= 4 is 16.1 Å². The van der Waals surface area contributed by atoms with Crippen molar-refractivity contribution in [2.75, 3.05) is 14.2 Å². The normalized spacial score (nSPS) is 11.8. The van der Waals surface area contributed by atoms with Gasteiger partial charge in [-0.15, -0.1) is 0 Å². The molecule has 0 amide bonds. The standard InChI is InChI=1S/C9H13N3O4S/c1-6-7(4-5-17(10,13)14)8(15-2)12-9(11-6)16-3/h4-5H,1-3H3,(H2,10,13,14)/b5-4+. The third-order valence-electron chi connectivity index (χ3n) is 1.88. The monoisotopic (exact) mass is 259 g/mol. The van der Waals surface area contributed by atoms with E-state index in [1.165, 1.54) is 20.3 Å². The van der Waals surface area contributed by atoms with Crippen LogP contribution >= 0.6 is 0 Å². The zero-order valence-corrected chi connectivity index (χ0v) is 10.5. The molecular weight excluding hydrogens is 246 g/mol. The maximum absolute atomic E-state index is 10.8. The average molecular weight is 259 g/mol. The average Bonchev–Trinajstić information content (AvgIpc) is 2.25. The number of rotatable bonds is 4. The maximum Gasteiger partial charge on any atom is 0.319 e. The van der Waals surface area contributed by atoms with Crippen LogP contribution in [-0.4, -0.2) is 32.6 Å². The number of sulfonamides is 1. The Morgan fingerprint density at radius 1 is 1.24 bits per heavy atom. The summed E-state index contributed by atoms with van der Waals surface area (Å²) in [7, 11) is -0.866. The van der Waals surface area contributed by atoms with Crippen molar-refractivity contribution in [1.29, 1.82) is 0 Å². The molecule has 0 spiro atoms. The number of primary sulfonamides is 1. The molecule has 1 aromatic rings. The van der Waals surface area contributed by atoms with Gasteiger partial charge in [0.05, 0.1) is 25.5 Å². The summed E-state index contributed by atoms with van der Waals surface area (Å²) in [5, 5.41) is 5.71. The largest absolute Gasteiger partial charge is 0.480 e. The van der Waals surface area contributed by atoms with Crippen LogP contribution in [0.1, 0.15) is 11.3 Å². The molecule has 8 heteroatoms. The molecule has 0 bridgehead atoms. The number of ether oxygens (including phenoxy) is 2. The summed E-state index contributed by atoms with van der Waals surface area (Å²) in [6, 6.07) is 0.145. The molecule has 1 heterocycles.